The Morgan fingerprint density at radius 1 is 1.35 bits per heavy atom. The maximum Gasteiger partial charge on any atom is 0.179 e. The lowest BCUT2D eigenvalue weighted by atomic mass is 10.2. The summed E-state index contributed by atoms with van der Waals surface area (Å²) in [7, 11) is -3.34. The molecule has 1 aromatic rings. The van der Waals surface area contributed by atoms with Gasteiger partial charge in [0.25, 0.3) is 0 Å². The topological polar surface area (TPSA) is 54.4 Å². The molecule has 17 heavy (non-hydrogen) atoms. The summed E-state index contributed by atoms with van der Waals surface area (Å²) in [6, 6.07) is 6.42. The molecule has 0 aliphatic carbocycles. The Morgan fingerprint density at radius 3 is 2.59 bits per heavy atom. The van der Waals surface area contributed by atoms with Crippen molar-refractivity contribution in [3.63, 3.8) is 0 Å². The predicted octanol–water partition coefficient (Wildman–Crippen LogP) is 2.66. The monoisotopic (exact) mass is 276 g/mol. The molecule has 1 atom stereocenters. The summed E-state index contributed by atoms with van der Waals surface area (Å²) in [5.41, 5.74) is 0. The summed E-state index contributed by atoms with van der Waals surface area (Å²) in [4.78, 5) is 0.174. The molecule has 3 nitrogen and oxygen atoms in total. The fourth-order valence-corrected chi connectivity index (χ4v) is 3.43. The van der Waals surface area contributed by atoms with E-state index in [0.29, 0.717) is 19.3 Å². The third kappa shape index (κ3) is 4.30. The van der Waals surface area contributed by atoms with E-state index in [4.69, 9.17) is 11.6 Å². The van der Waals surface area contributed by atoms with Gasteiger partial charge in [0.05, 0.1) is 21.8 Å². The van der Waals surface area contributed by atoms with Crippen LogP contribution >= 0.6 is 11.6 Å². The molecule has 5 heteroatoms. The van der Waals surface area contributed by atoms with Crippen molar-refractivity contribution in [2.75, 3.05) is 5.75 Å². The van der Waals surface area contributed by atoms with E-state index >= 15 is 0 Å². The second-order valence-electron chi connectivity index (χ2n) is 3.95. The molecule has 0 amide bonds. The molecule has 1 unspecified atom stereocenters. The number of aliphatic hydroxyl groups excluding tert-OH is 1. The van der Waals surface area contributed by atoms with Gasteiger partial charge in [0.2, 0.25) is 0 Å². The molecule has 0 saturated heterocycles. The lowest BCUT2D eigenvalue weighted by molar-refractivity contribution is 0.159. The Labute approximate surface area is 107 Å². The number of rotatable bonds is 6. The van der Waals surface area contributed by atoms with Gasteiger partial charge in [-0.05, 0) is 31.4 Å². The minimum atomic E-state index is -3.34. The number of aliphatic hydroxyl groups is 1. The third-order valence-electron chi connectivity index (χ3n) is 2.59. The molecule has 0 bridgehead atoms. The summed E-state index contributed by atoms with van der Waals surface area (Å²) in [5.74, 6) is 0.0216. The van der Waals surface area contributed by atoms with Gasteiger partial charge in [-0.3, -0.25) is 0 Å². The van der Waals surface area contributed by atoms with Gasteiger partial charge in [-0.25, -0.2) is 8.42 Å². The molecule has 0 radical (unpaired) electrons. The first-order valence-corrected chi connectivity index (χ1v) is 7.65. The summed E-state index contributed by atoms with van der Waals surface area (Å²) < 4.78 is 23.9. The normalized spacial score (nSPS) is 13.6. The first-order valence-electron chi connectivity index (χ1n) is 5.62. The smallest absolute Gasteiger partial charge is 0.179 e. The summed E-state index contributed by atoms with van der Waals surface area (Å²) >= 11 is 5.85. The first kappa shape index (κ1) is 14.5. The van der Waals surface area contributed by atoms with Crippen molar-refractivity contribution < 1.29 is 13.5 Å². The van der Waals surface area contributed by atoms with Gasteiger partial charge in [-0.15, -0.1) is 0 Å². The minimum Gasteiger partial charge on any atom is -0.393 e. The van der Waals surface area contributed by atoms with Crippen LogP contribution in [0.3, 0.4) is 0 Å². The zero-order valence-corrected chi connectivity index (χ0v) is 11.3. The van der Waals surface area contributed by atoms with Crippen molar-refractivity contribution in [3.8, 4) is 0 Å². The van der Waals surface area contributed by atoms with E-state index in [2.05, 4.69) is 0 Å². The maximum absolute atomic E-state index is 12.0. The average molecular weight is 277 g/mol. The van der Waals surface area contributed by atoms with Crippen LogP contribution in [0.15, 0.2) is 29.2 Å². The maximum atomic E-state index is 12.0. The summed E-state index contributed by atoms with van der Waals surface area (Å²) in [6.45, 7) is 1.87. The van der Waals surface area contributed by atoms with Crippen LogP contribution in [0.25, 0.3) is 0 Å². The third-order valence-corrected chi connectivity index (χ3v) is 4.89. The standard InChI is InChI=1S/C12H17ClO3S/c1-2-10(14)6-5-9-17(15,16)12-8-4-3-7-11(12)13/h3-4,7-8,10,14H,2,5-6,9H2,1H3. The van der Waals surface area contributed by atoms with Crippen LogP contribution in [0.5, 0.6) is 0 Å². The molecule has 96 valence electrons. The van der Waals surface area contributed by atoms with Crippen LogP contribution < -0.4 is 0 Å². The molecule has 1 rings (SSSR count). The Hall–Kier alpha value is -0.580. The van der Waals surface area contributed by atoms with E-state index in [1.165, 1.54) is 6.07 Å². The quantitative estimate of drug-likeness (QED) is 0.869. The van der Waals surface area contributed by atoms with Crippen molar-refractivity contribution in [1.29, 1.82) is 0 Å². The highest BCUT2D eigenvalue weighted by Gasteiger charge is 2.17. The van der Waals surface area contributed by atoms with Gasteiger partial charge in [-0.1, -0.05) is 30.7 Å². The van der Waals surface area contributed by atoms with Crippen LogP contribution in [0.1, 0.15) is 26.2 Å². The van der Waals surface area contributed by atoms with Gasteiger partial charge in [0.15, 0.2) is 9.84 Å². The van der Waals surface area contributed by atoms with Gasteiger partial charge >= 0.3 is 0 Å². The molecule has 0 heterocycles. The Morgan fingerprint density at radius 2 is 2.00 bits per heavy atom. The summed E-state index contributed by atoms with van der Waals surface area (Å²) in [6.07, 6.45) is 1.17. The van der Waals surface area contributed by atoms with E-state index in [9.17, 15) is 13.5 Å². The van der Waals surface area contributed by atoms with E-state index in [1.54, 1.807) is 18.2 Å². The molecule has 0 fully saturated rings. The lowest BCUT2D eigenvalue weighted by Gasteiger charge is -2.08. The highest BCUT2D eigenvalue weighted by Crippen LogP contribution is 2.22. The predicted molar refractivity (Wildman–Crippen MR) is 69.0 cm³/mol. The highest BCUT2D eigenvalue weighted by atomic mass is 35.5. The van der Waals surface area contributed by atoms with E-state index < -0.39 is 15.9 Å². The van der Waals surface area contributed by atoms with E-state index in [0.717, 1.165) is 0 Å². The molecule has 0 spiro atoms. The van der Waals surface area contributed by atoms with Crippen molar-refractivity contribution in [3.05, 3.63) is 29.3 Å². The van der Waals surface area contributed by atoms with Gasteiger partial charge in [-0.2, -0.15) is 0 Å². The van der Waals surface area contributed by atoms with E-state index in [-0.39, 0.29) is 15.7 Å². The van der Waals surface area contributed by atoms with Gasteiger partial charge < -0.3 is 5.11 Å². The lowest BCUT2D eigenvalue weighted by Crippen LogP contribution is -2.11. The van der Waals surface area contributed by atoms with Gasteiger partial charge in [0.1, 0.15) is 0 Å². The highest BCUT2D eigenvalue weighted by molar-refractivity contribution is 7.91. The van der Waals surface area contributed by atoms with Crippen LogP contribution in [0, 0.1) is 0 Å². The first-order chi connectivity index (χ1) is 7.97. The molecule has 1 N–H and O–H groups in total. The zero-order chi connectivity index (χ0) is 12.9. The van der Waals surface area contributed by atoms with Crippen LogP contribution in [0.4, 0.5) is 0 Å². The molecule has 1 aromatic carbocycles. The number of hydrogen-bond acceptors (Lipinski definition) is 3. The van der Waals surface area contributed by atoms with E-state index in [1.807, 2.05) is 6.92 Å². The van der Waals surface area contributed by atoms with Crippen molar-refractivity contribution in [2.24, 2.45) is 0 Å². The zero-order valence-electron chi connectivity index (χ0n) is 9.77. The average Bonchev–Trinajstić information content (AvgIpc) is 2.28. The molecular formula is C12H17ClO3S. The number of halogens is 1. The molecule has 0 aliphatic rings. The second kappa shape index (κ2) is 6.38. The second-order valence-corrected chi connectivity index (χ2v) is 6.44. The van der Waals surface area contributed by atoms with Crippen molar-refractivity contribution in [1.82, 2.24) is 0 Å². The van der Waals surface area contributed by atoms with Crippen molar-refractivity contribution >= 4 is 21.4 Å². The van der Waals surface area contributed by atoms with Crippen LogP contribution in [0.2, 0.25) is 5.02 Å². The number of sulfone groups is 1. The summed E-state index contributed by atoms with van der Waals surface area (Å²) in [5, 5.41) is 9.61. The minimum absolute atomic E-state index is 0.0216. The Bertz CT molecular complexity index is 457. The largest absolute Gasteiger partial charge is 0.393 e. The molecular weight excluding hydrogens is 260 g/mol. The Balaban J connectivity index is 2.67. The molecule has 0 aliphatic heterocycles. The fraction of sp³-hybridized carbons (Fsp3) is 0.500. The molecule has 0 aromatic heterocycles. The van der Waals surface area contributed by atoms with Crippen LogP contribution in [-0.2, 0) is 9.84 Å². The van der Waals surface area contributed by atoms with Crippen molar-refractivity contribution in [2.45, 2.75) is 37.2 Å². The number of benzene rings is 1. The number of hydrogen-bond donors (Lipinski definition) is 1. The molecule has 0 saturated carbocycles. The van der Waals surface area contributed by atoms with Crippen LogP contribution in [-0.4, -0.2) is 25.4 Å². The Kier molecular flexibility index (Phi) is 5.43. The SMILES string of the molecule is CCC(O)CCCS(=O)(=O)c1ccccc1Cl. The fourth-order valence-electron chi connectivity index (χ4n) is 1.52. The van der Waals surface area contributed by atoms with Gasteiger partial charge in [0, 0.05) is 0 Å².